The Balaban J connectivity index is 3.52. The molecule has 0 radical (unpaired) electrons. The van der Waals surface area contributed by atoms with Gasteiger partial charge in [0.05, 0.1) is 33.0 Å². The summed E-state index contributed by atoms with van der Waals surface area (Å²) in [5.74, 6) is 0. The van der Waals surface area contributed by atoms with Crippen LogP contribution in [-0.2, 0) is 18.9 Å². The minimum atomic E-state index is 0.231. The lowest BCUT2D eigenvalue weighted by molar-refractivity contribution is -0.0689. The summed E-state index contributed by atoms with van der Waals surface area (Å²) in [6.45, 7) is 19.0. The van der Waals surface area contributed by atoms with E-state index < -0.39 is 0 Å². The first-order valence-electron chi connectivity index (χ1n) is 9.34. The van der Waals surface area contributed by atoms with Gasteiger partial charge in [-0.2, -0.15) is 0 Å². The van der Waals surface area contributed by atoms with Gasteiger partial charge in [-0.3, -0.25) is 0 Å². The number of hydrogen-bond acceptors (Lipinski definition) is 5. The fourth-order valence-electron chi connectivity index (χ4n) is 2.78. The maximum Gasteiger partial charge on any atom is 0.146 e. The van der Waals surface area contributed by atoms with Gasteiger partial charge in [-0.25, -0.2) is 0 Å². The van der Waals surface area contributed by atoms with Crippen LogP contribution in [0, 0.1) is 5.41 Å². The number of nitrogens with one attached hydrogen (secondary N) is 1. The largest absolute Gasteiger partial charge is 0.378 e. The molecule has 5 nitrogen and oxygen atoms in total. The van der Waals surface area contributed by atoms with E-state index in [-0.39, 0.29) is 5.41 Å². The highest BCUT2D eigenvalue weighted by Crippen LogP contribution is 2.32. The van der Waals surface area contributed by atoms with Crippen molar-refractivity contribution in [2.75, 3.05) is 53.0 Å². The van der Waals surface area contributed by atoms with Crippen molar-refractivity contribution < 1.29 is 18.9 Å². The fourth-order valence-corrected chi connectivity index (χ4v) is 2.78. The molecule has 0 heterocycles. The molecule has 0 aliphatic carbocycles. The molecule has 0 fully saturated rings. The zero-order valence-electron chi connectivity index (χ0n) is 16.6. The van der Waals surface area contributed by atoms with Crippen LogP contribution in [0.25, 0.3) is 0 Å². The molecule has 0 amide bonds. The molecular weight excluding hydrogens is 318 g/mol. The minimum absolute atomic E-state index is 0.231. The van der Waals surface area contributed by atoms with Crippen molar-refractivity contribution in [3.8, 4) is 0 Å². The predicted octanol–water partition coefficient (Wildman–Crippen LogP) is 3.56. The van der Waals surface area contributed by atoms with E-state index in [0.29, 0.717) is 52.5 Å². The van der Waals surface area contributed by atoms with Crippen LogP contribution >= 0.6 is 0 Å². The number of rotatable bonds is 19. The van der Waals surface area contributed by atoms with Gasteiger partial charge in [-0.15, -0.1) is 13.2 Å². The average molecular weight is 358 g/mol. The lowest BCUT2D eigenvalue weighted by Crippen LogP contribution is -2.34. The zero-order chi connectivity index (χ0) is 18.8. The van der Waals surface area contributed by atoms with Crippen molar-refractivity contribution in [1.29, 1.82) is 0 Å². The van der Waals surface area contributed by atoms with E-state index in [4.69, 9.17) is 18.9 Å². The zero-order valence-corrected chi connectivity index (χ0v) is 16.6. The second-order valence-corrected chi connectivity index (χ2v) is 6.60. The molecule has 148 valence electrons. The van der Waals surface area contributed by atoms with E-state index in [1.807, 2.05) is 19.1 Å². The van der Waals surface area contributed by atoms with Crippen LogP contribution in [0.1, 0.15) is 40.0 Å². The molecule has 0 spiro atoms. The molecule has 1 unspecified atom stereocenters. The number of hydrogen-bond donors (Lipinski definition) is 1. The molecule has 5 heteroatoms. The van der Waals surface area contributed by atoms with Crippen molar-refractivity contribution in [2.45, 2.75) is 46.1 Å². The first-order valence-corrected chi connectivity index (χ1v) is 9.34. The van der Waals surface area contributed by atoms with Gasteiger partial charge in [0.15, 0.2) is 0 Å². The summed E-state index contributed by atoms with van der Waals surface area (Å²) in [6.07, 6.45) is 7.11. The third-order valence-electron chi connectivity index (χ3n) is 3.93. The van der Waals surface area contributed by atoms with Crippen LogP contribution in [-0.4, -0.2) is 59.0 Å². The highest BCUT2D eigenvalue weighted by molar-refractivity contribution is 4.90. The summed E-state index contributed by atoms with van der Waals surface area (Å²) in [6, 6.07) is 0.437. The Morgan fingerprint density at radius 2 is 1.48 bits per heavy atom. The maximum absolute atomic E-state index is 5.57. The van der Waals surface area contributed by atoms with Gasteiger partial charge in [0, 0.05) is 19.2 Å². The van der Waals surface area contributed by atoms with Crippen molar-refractivity contribution >= 4 is 0 Å². The molecule has 0 aliphatic heterocycles. The Morgan fingerprint density at radius 1 is 0.920 bits per heavy atom. The van der Waals surface area contributed by atoms with Crippen molar-refractivity contribution in [3.63, 3.8) is 0 Å². The number of allylic oxidation sites excluding steroid dienone is 2. The average Bonchev–Trinajstić information content (AvgIpc) is 2.56. The topological polar surface area (TPSA) is 49.0 Å². The molecule has 0 bridgehead atoms. The Kier molecular flexibility index (Phi) is 16.3. The smallest absolute Gasteiger partial charge is 0.146 e. The summed E-state index contributed by atoms with van der Waals surface area (Å²) in [5.41, 5.74) is 0.231. The van der Waals surface area contributed by atoms with Gasteiger partial charge in [0.25, 0.3) is 0 Å². The van der Waals surface area contributed by atoms with Gasteiger partial charge in [-0.1, -0.05) is 19.1 Å². The molecule has 0 aromatic heterocycles. The fraction of sp³-hybridized carbons (Fsp3) is 0.800. The van der Waals surface area contributed by atoms with E-state index in [2.05, 4.69) is 32.3 Å². The quantitative estimate of drug-likeness (QED) is 0.218. The molecule has 0 rings (SSSR count). The van der Waals surface area contributed by atoms with Crippen molar-refractivity contribution in [1.82, 2.24) is 5.32 Å². The SMILES string of the molecule is C=CCC(C)(CC=C)CC(C)NCCOCCOCCOCOCC. The molecule has 0 aromatic rings. The highest BCUT2D eigenvalue weighted by Gasteiger charge is 2.23. The van der Waals surface area contributed by atoms with Gasteiger partial charge >= 0.3 is 0 Å². The molecular formula is C20H39NO4. The van der Waals surface area contributed by atoms with E-state index in [1.165, 1.54) is 0 Å². The Morgan fingerprint density at radius 3 is 2.04 bits per heavy atom. The monoisotopic (exact) mass is 357 g/mol. The molecule has 0 saturated carbocycles. The normalized spacial score (nSPS) is 12.9. The van der Waals surface area contributed by atoms with Crippen LogP contribution in [0.3, 0.4) is 0 Å². The van der Waals surface area contributed by atoms with Crippen LogP contribution in [0.4, 0.5) is 0 Å². The Labute approximate surface area is 154 Å². The second kappa shape index (κ2) is 16.7. The molecule has 0 aromatic carbocycles. The summed E-state index contributed by atoms with van der Waals surface area (Å²) in [7, 11) is 0. The molecule has 25 heavy (non-hydrogen) atoms. The summed E-state index contributed by atoms with van der Waals surface area (Å²) >= 11 is 0. The Hall–Kier alpha value is -0.720. The Bertz CT molecular complexity index is 313. The standard InChI is InChI=1S/C20H39NO4/c1-6-9-20(5,10-7-2)17-19(4)21-11-12-23-13-14-24-15-16-25-18-22-8-3/h6-7,19,21H,1-2,8-18H2,3-5H3. The van der Waals surface area contributed by atoms with E-state index in [9.17, 15) is 0 Å². The third-order valence-corrected chi connectivity index (χ3v) is 3.93. The van der Waals surface area contributed by atoms with E-state index in [0.717, 1.165) is 25.8 Å². The minimum Gasteiger partial charge on any atom is -0.378 e. The van der Waals surface area contributed by atoms with E-state index in [1.54, 1.807) is 0 Å². The predicted molar refractivity (Wildman–Crippen MR) is 104 cm³/mol. The highest BCUT2D eigenvalue weighted by atomic mass is 16.7. The molecule has 1 N–H and O–H groups in total. The molecule has 0 aliphatic rings. The van der Waals surface area contributed by atoms with Crippen LogP contribution in [0.2, 0.25) is 0 Å². The second-order valence-electron chi connectivity index (χ2n) is 6.60. The lowest BCUT2D eigenvalue weighted by Gasteiger charge is -2.30. The number of ether oxygens (including phenoxy) is 4. The van der Waals surface area contributed by atoms with Crippen molar-refractivity contribution in [2.24, 2.45) is 5.41 Å². The van der Waals surface area contributed by atoms with Crippen LogP contribution < -0.4 is 5.32 Å². The van der Waals surface area contributed by atoms with Crippen molar-refractivity contribution in [3.05, 3.63) is 25.3 Å². The first kappa shape index (κ1) is 24.3. The summed E-state index contributed by atoms with van der Waals surface area (Å²) in [5, 5.41) is 3.52. The summed E-state index contributed by atoms with van der Waals surface area (Å²) < 4.78 is 21.3. The van der Waals surface area contributed by atoms with Gasteiger partial charge in [-0.05, 0) is 38.5 Å². The third kappa shape index (κ3) is 15.3. The van der Waals surface area contributed by atoms with Gasteiger partial charge < -0.3 is 24.3 Å². The molecule has 0 saturated heterocycles. The van der Waals surface area contributed by atoms with Crippen LogP contribution in [0.5, 0.6) is 0 Å². The van der Waals surface area contributed by atoms with Gasteiger partial charge in [0.1, 0.15) is 6.79 Å². The van der Waals surface area contributed by atoms with E-state index >= 15 is 0 Å². The maximum atomic E-state index is 5.57. The lowest BCUT2D eigenvalue weighted by atomic mass is 9.78. The summed E-state index contributed by atoms with van der Waals surface area (Å²) in [4.78, 5) is 0. The molecule has 1 atom stereocenters. The first-order chi connectivity index (χ1) is 12.1. The van der Waals surface area contributed by atoms with Gasteiger partial charge in [0.2, 0.25) is 0 Å². The van der Waals surface area contributed by atoms with Crippen LogP contribution in [0.15, 0.2) is 25.3 Å².